The minimum atomic E-state index is -4.64. The molecule has 0 aromatic carbocycles. The summed E-state index contributed by atoms with van der Waals surface area (Å²) in [7, 11) is -4.64. The van der Waals surface area contributed by atoms with Gasteiger partial charge in [0, 0.05) is 0 Å². The zero-order chi connectivity index (χ0) is 4.50. The normalized spacial score (nSPS) is 9.83. The molecule has 0 rings (SSSR count). The highest BCUT2D eigenvalue weighted by Crippen LogP contribution is 2.25. The fourth-order valence-electron chi connectivity index (χ4n) is 0. The van der Waals surface area contributed by atoms with Crippen LogP contribution in [0.3, 0.4) is 0 Å². The first-order chi connectivity index (χ1) is 2.00. The predicted octanol–water partition coefficient (Wildman–Crippen LogP) is -0.724. The first kappa shape index (κ1) is 9.44. The quantitative estimate of drug-likeness (QED) is 0.360. The first-order valence-corrected chi connectivity index (χ1v) is 2.35. The minimum Gasteiger partial charge on any atom is -0.303 e. The number of phosphoric acid groups is 1. The lowest BCUT2D eigenvalue weighted by atomic mass is 12.0. The summed E-state index contributed by atoms with van der Waals surface area (Å²) in [5, 5.41) is 0. The molecule has 3 radical (unpaired) electrons. The van der Waals surface area contributed by atoms with Gasteiger partial charge in [0.1, 0.15) is 0 Å². The van der Waals surface area contributed by atoms with Gasteiger partial charge >= 0.3 is 7.82 Å². The minimum absolute atomic E-state index is 0. The van der Waals surface area contributed by atoms with E-state index in [0.717, 1.165) is 0 Å². The molecular weight excluding hydrogens is 107 g/mol. The second-order valence-electron chi connectivity index (χ2n) is 0.513. The Labute approximate surface area is 35.7 Å². The highest BCUT2D eigenvalue weighted by atomic mass is 31.2. The molecule has 37 valence electrons. The fourth-order valence-corrected chi connectivity index (χ4v) is 0. The van der Waals surface area contributed by atoms with Gasteiger partial charge in [-0.15, -0.1) is 0 Å². The Bertz CT molecular complexity index is 53.7. The van der Waals surface area contributed by atoms with E-state index in [2.05, 4.69) is 0 Å². The Hall–Kier alpha value is 0.110. The molecule has 0 aromatic rings. The van der Waals surface area contributed by atoms with Gasteiger partial charge in [0.2, 0.25) is 0 Å². The Morgan fingerprint density at radius 1 is 1.17 bits per heavy atom. The SMILES string of the molecule is O=P(O)(O)O.[CH]. The fraction of sp³-hybridized carbons (Fsp3) is 0. The number of hydrogen-bond acceptors (Lipinski definition) is 1. The van der Waals surface area contributed by atoms with Gasteiger partial charge in [0.05, 0.1) is 0 Å². The molecule has 3 N–H and O–H groups in total. The molecule has 4 nitrogen and oxygen atoms in total. The van der Waals surface area contributed by atoms with E-state index in [-0.39, 0.29) is 7.43 Å². The second-order valence-corrected chi connectivity index (χ2v) is 1.54. The standard InChI is InChI=1S/CH.H3O4P/c;1-5(2,3)4/h1H;(H3,1,2,3,4). The van der Waals surface area contributed by atoms with Crippen LogP contribution in [0.1, 0.15) is 0 Å². The van der Waals surface area contributed by atoms with Crippen molar-refractivity contribution in [1.29, 1.82) is 0 Å². The van der Waals surface area contributed by atoms with Crippen LogP contribution in [0.15, 0.2) is 0 Å². The van der Waals surface area contributed by atoms with Gasteiger partial charge in [-0.2, -0.15) is 0 Å². The summed E-state index contributed by atoms with van der Waals surface area (Å²) in [6, 6.07) is 0. The summed E-state index contributed by atoms with van der Waals surface area (Å²) in [5.74, 6) is 0. The zero-order valence-corrected chi connectivity index (χ0v) is 3.67. The van der Waals surface area contributed by atoms with E-state index < -0.39 is 7.82 Å². The van der Waals surface area contributed by atoms with Crippen molar-refractivity contribution in [3.05, 3.63) is 7.43 Å². The van der Waals surface area contributed by atoms with Crippen molar-refractivity contribution in [2.45, 2.75) is 0 Å². The van der Waals surface area contributed by atoms with Gasteiger partial charge in [0.15, 0.2) is 0 Å². The molecule has 0 saturated heterocycles. The molecule has 0 aliphatic rings. The lowest BCUT2D eigenvalue weighted by molar-refractivity contribution is 0.275. The van der Waals surface area contributed by atoms with Crippen LogP contribution in [0.5, 0.6) is 0 Å². The van der Waals surface area contributed by atoms with Crippen LogP contribution in [0, 0.1) is 7.43 Å². The van der Waals surface area contributed by atoms with E-state index in [9.17, 15) is 0 Å². The second kappa shape index (κ2) is 2.31. The number of rotatable bonds is 0. The van der Waals surface area contributed by atoms with Crippen LogP contribution >= 0.6 is 7.82 Å². The molecule has 0 bridgehead atoms. The van der Waals surface area contributed by atoms with E-state index in [4.69, 9.17) is 19.2 Å². The largest absolute Gasteiger partial charge is 0.466 e. The van der Waals surface area contributed by atoms with Gasteiger partial charge in [-0.3, -0.25) is 0 Å². The van der Waals surface area contributed by atoms with Crippen LogP contribution in [-0.4, -0.2) is 14.7 Å². The Kier molecular flexibility index (Phi) is 3.64. The Balaban J connectivity index is 0. The summed E-state index contributed by atoms with van der Waals surface area (Å²) in [4.78, 5) is 21.6. The molecule has 0 spiro atoms. The lowest BCUT2D eigenvalue weighted by Crippen LogP contribution is -1.66. The van der Waals surface area contributed by atoms with E-state index >= 15 is 0 Å². The van der Waals surface area contributed by atoms with Crippen molar-refractivity contribution >= 4 is 7.82 Å². The van der Waals surface area contributed by atoms with Crippen molar-refractivity contribution in [1.82, 2.24) is 0 Å². The summed E-state index contributed by atoms with van der Waals surface area (Å²) >= 11 is 0. The number of hydrogen-bond donors (Lipinski definition) is 3. The summed E-state index contributed by atoms with van der Waals surface area (Å²) < 4.78 is 8.88. The first-order valence-electron chi connectivity index (χ1n) is 0.783. The van der Waals surface area contributed by atoms with E-state index in [1.165, 1.54) is 0 Å². The lowest BCUT2D eigenvalue weighted by Gasteiger charge is -1.82. The van der Waals surface area contributed by atoms with Gasteiger partial charge < -0.3 is 14.7 Å². The topological polar surface area (TPSA) is 77.8 Å². The predicted molar refractivity (Wildman–Crippen MR) is 18.6 cm³/mol. The van der Waals surface area contributed by atoms with Gasteiger partial charge in [-0.25, -0.2) is 4.57 Å². The molecule has 0 unspecified atom stereocenters. The van der Waals surface area contributed by atoms with Gasteiger partial charge in [-0.05, 0) is 7.43 Å². The molecule has 0 amide bonds. The van der Waals surface area contributed by atoms with Crippen molar-refractivity contribution in [3.63, 3.8) is 0 Å². The van der Waals surface area contributed by atoms with Crippen LogP contribution in [0.2, 0.25) is 0 Å². The van der Waals surface area contributed by atoms with Crippen LogP contribution < -0.4 is 0 Å². The van der Waals surface area contributed by atoms with Gasteiger partial charge in [0.25, 0.3) is 0 Å². The molecular formula is CH4O4P. The molecule has 0 aromatic heterocycles. The molecule has 0 aliphatic heterocycles. The van der Waals surface area contributed by atoms with Crippen molar-refractivity contribution in [2.75, 3.05) is 0 Å². The van der Waals surface area contributed by atoms with E-state index in [1.54, 1.807) is 0 Å². The zero-order valence-electron chi connectivity index (χ0n) is 2.77. The molecule has 0 atom stereocenters. The van der Waals surface area contributed by atoms with Gasteiger partial charge in [-0.1, -0.05) is 0 Å². The molecule has 0 aliphatic carbocycles. The summed E-state index contributed by atoms with van der Waals surface area (Å²) in [5.41, 5.74) is 0. The third-order valence-corrected chi connectivity index (χ3v) is 0. The van der Waals surface area contributed by atoms with E-state index in [1.807, 2.05) is 0 Å². The highest BCUT2D eigenvalue weighted by molar-refractivity contribution is 7.45. The maximum atomic E-state index is 8.88. The summed E-state index contributed by atoms with van der Waals surface area (Å²) in [6.07, 6.45) is 0. The average molecular weight is 111 g/mol. The van der Waals surface area contributed by atoms with Crippen LogP contribution in [0.4, 0.5) is 0 Å². The molecule has 0 heterocycles. The summed E-state index contributed by atoms with van der Waals surface area (Å²) in [6.45, 7) is 0. The third-order valence-electron chi connectivity index (χ3n) is 0. The smallest absolute Gasteiger partial charge is 0.303 e. The molecule has 5 heteroatoms. The Morgan fingerprint density at radius 3 is 1.17 bits per heavy atom. The van der Waals surface area contributed by atoms with Crippen LogP contribution in [-0.2, 0) is 4.57 Å². The van der Waals surface area contributed by atoms with Crippen molar-refractivity contribution < 1.29 is 19.2 Å². The van der Waals surface area contributed by atoms with Crippen molar-refractivity contribution in [3.8, 4) is 0 Å². The average Bonchev–Trinajstić information content (AvgIpc) is 0.722. The third kappa shape index (κ3) is 3290. The molecule has 0 saturated carbocycles. The van der Waals surface area contributed by atoms with E-state index in [0.29, 0.717) is 0 Å². The van der Waals surface area contributed by atoms with Crippen molar-refractivity contribution in [2.24, 2.45) is 0 Å². The highest BCUT2D eigenvalue weighted by Gasteiger charge is 2.00. The molecule has 6 heavy (non-hydrogen) atoms. The Morgan fingerprint density at radius 2 is 1.17 bits per heavy atom. The maximum Gasteiger partial charge on any atom is 0.466 e. The monoisotopic (exact) mass is 111 g/mol. The van der Waals surface area contributed by atoms with Crippen LogP contribution in [0.25, 0.3) is 0 Å². The maximum absolute atomic E-state index is 8.88. The molecule has 0 fully saturated rings.